The quantitative estimate of drug-likeness (QED) is 0.850. The molecule has 1 heterocycles. The highest BCUT2D eigenvalue weighted by Gasteiger charge is 2.16. The van der Waals surface area contributed by atoms with E-state index in [4.69, 9.17) is 4.42 Å². The molecule has 3 nitrogen and oxygen atoms in total. The normalized spacial score (nSPS) is 10.9. The Bertz CT molecular complexity index is 589. The number of rotatable bonds is 5. The largest absolute Gasteiger partial charge is 0.451 e. The van der Waals surface area contributed by atoms with Crippen LogP contribution in [0.25, 0.3) is 11.0 Å². The molecule has 0 aliphatic carbocycles. The van der Waals surface area contributed by atoms with Gasteiger partial charge in [0.25, 0.3) is 5.91 Å². The topological polar surface area (TPSA) is 42.2 Å². The second-order valence-electron chi connectivity index (χ2n) is 4.66. The third-order valence-corrected chi connectivity index (χ3v) is 3.81. The summed E-state index contributed by atoms with van der Waals surface area (Å²) >= 11 is 1.78. The summed E-state index contributed by atoms with van der Waals surface area (Å²) in [6, 6.07) is 5.96. The summed E-state index contributed by atoms with van der Waals surface area (Å²) in [6.07, 6.45) is 3.04. The molecule has 0 atom stereocenters. The molecule has 1 aromatic heterocycles. The molecule has 1 amide bonds. The van der Waals surface area contributed by atoms with Gasteiger partial charge in [0.15, 0.2) is 5.76 Å². The van der Waals surface area contributed by atoms with Gasteiger partial charge in [-0.05, 0) is 44.4 Å². The number of hydrogen-bond donors (Lipinski definition) is 1. The second-order valence-corrected chi connectivity index (χ2v) is 5.64. The van der Waals surface area contributed by atoms with Gasteiger partial charge in [-0.3, -0.25) is 4.79 Å². The smallest absolute Gasteiger partial charge is 0.287 e. The molecule has 0 saturated heterocycles. The molecule has 0 radical (unpaired) electrons. The van der Waals surface area contributed by atoms with Gasteiger partial charge in [0.1, 0.15) is 5.58 Å². The lowest BCUT2D eigenvalue weighted by Crippen LogP contribution is -2.24. The molecule has 0 spiro atoms. The van der Waals surface area contributed by atoms with Gasteiger partial charge in [-0.2, -0.15) is 11.8 Å². The number of fused-ring (bicyclic) bond motifs is 1. The molecule has 2 aromatic rings. The van der Waals surface area contributed by atoms with Crippen molar-refractivity contribution in [2.45, 2.75) is 20.3 Å². The van der Waals surface area contributed by atoms with E-state index in [1.165, 1.54) is 5.56 Å². The van der Waals surface area contributed by atoms with Crippen molar-refractivity contribution in [3.05, 3.63) is 35.1 Å². The van der Waals surface area contributed by atoms with Crippen LogP contribution >= 0.6 is 11.8 Å². The molecule has 19 heavy (non-hydrogen) atoms. The van der Waals surface area contributed by atoms with E-state index in [1.54, 1.807) is 11.8 Å². The zero-order chi connectivity index (χ0) is 13.8. The van der Waals surface area contributed by atoms with Crippen molar-refractivity contribution in [1.82, 2.24) is 5.32 Å². The van der Waals surface area contributed by atoms with Crippen molar-refractivity contribution in [2.75, 3.05) is 18.6 Å². The van der Waals surface area contributed by atoms with E-state index < -0.39 is 0 Å². The molecule has 0 fully saturated rings. The molecule has 1 N–H and O–H groups in total. The molecule has 1 aromatic carbocycles. The maximum Gasteiger partial charge on any atom is 0.287 e. The maximum atomic E-state index is 12.1. The number of hydrogen-bond acceptors (Lipinski definition) is 3. The minimum atomic E-state index is -0.118. The number of benzene rings is 1. The van der Waals surface area contributed by atoms with Crippen LogP contribution in [0.5, 0.6) is 0 Å². The molecular weight excluding hydrogens is 258 g/mol. The van der Waals surface area contributed by atoms with Gasteiger partial charge in [-0.25, -0.2) is 0 Å². The Hall–Kier alpha value is -1.42. The van der Waals surface area contributed by atoms with E-state index in [0.717, 1.165) is 28.7 Å². The molecule has 0 bridgehead atoms. The minimum Gasteiger partial charge on any atom is -0.451 e. The highest BCUT2D eigenvalue weighted by atomic mass is 32.2. The number of carbonyl (C=O) groups is 1. The molecule has 0 aliphatic rings. The monoisotopic (exact) mass is 277 g/mol. The van der Waals surface area contributed by atoms with E-state index in [9.17, 15) is 4.79 Å². The lowest BCUT2D eigenvalue weighted by molar-refractivity contribution is 0.0927. The first-order valence-corrected chi connectivity index (χ1v) is 7.79. The molecule has 2 rings (SSSR count). The number of amides is 1. The SMILES string of the molecule is CSCCCNC(=O)c1oc2ccc(C)cc2c1C. The second kappa shape index (κ2) is 6.15. The molecule has 0 saturated carbocycles. The van der Waals surface area contributed by atoms with Gasteiger partial charge in [0, 0.05) is 17.5 Å². The Labute approximate surface area is 117 Å². The Morgan fingerprint density at radius 3 is 2.89 bits per heavy atom. The number of thioether (sulfide) groups is 1. The van der Waals surface area contributed by atoms with Crippen LogP contribution < -0.4 is 5.32 Å². The van der Waals surface area contributed by atoms with Crippen LogP contribution in [-0.2, 0) is 0 Å². The first-order valence-electron chi connectivity index (χ1n) is 6.40. The fourth-order valence-electron chi connectivity index (χ4n) is 2.05. The Kier molecular flexibility index (Phi) is 4.53. The summed E-state index contributed by atoms with van der Waals surface area (Å²) in [6.45, 7) is 4.66. The summed E-state index contributed by atoms with van der Waals surface area (Å²) in [5, 5.41) is 3.93. The summed E-state index contributed by atoms with van der Waals surface area (Å²) in [4.78, 5) is 12.1. The summed E-state index contributed by atoms with van der Waals surface area (Å²) < 4.78 is 5.66. The number of nitrogens with one attached hydrogen (secondary N) is 1. The Balaban J connectivity index is 2.16. The first kappa shape index (κ1) is 14.0. The van der Waals surface area contributed by atoms with Crippen LogP contribution in [0.4, 0.5) is 0 Å². The molecule has 0 unspecified atom stereocenters. The number of aryl methyl sites for hydroxylation is 2. The van der Waals surface area contributed by atoms with Crippen molar-refractivity contribution in [3.63, 3.8) is 0 Å². The van der Waals surface area contributed by atoms with Gasteiger partial charge in [-0.15, -0.1) is 0 Å². The van der Waals surface area contributed by atoms with Crippen LogP contribution in [0, 0.1) is 13.8 Å². The van der Waals surface area contributed by atoms with E-state index in [1.807, 2.05) is 26.0 Å². The fraction of sp³-hybridized carbons (Fsp3) is 0.400. The maximum absolute atomic E-state index is 12.1. The number of carbonyl (C=O) groups excluding carboxylic acids is 1. The summed E-state index contributed by atoms with van der Waals surface area (Å²) in [7, 11) is 0. The number of furan rings is 1. The lowest BCUT2D eigenvalue weighted by atomic mass is 10.1. The zero-order valence-corrected chi connectivity index (χ0v) is 12.4. The van der Waals surface area contributed by atoms with Crippen LogP contribution in [-0.4, -0.2) is 24.5 Å². The summed E-state index contributed by atoms with van der Waals surface area (Å²) in [5.74, 6) is 1.37. The van der Waals surface area contributed by atoms with Crippen molar-refractivity contribution >= 4 is 28.6 Å². The molecule has 102 valence electrons. The van der Waals surface area contributed by atoms with Gasteiger partial charge in [0.2, 0.25) is 0 Å². The van der Waals surface area contributed by atoms with E-state index in [-0.39, 0.29) is 5.91 Å². The van der Waals surface area contributed by atoms with E-state index in [0.29, 0.717) is 12.3 Å². The highest BCUT2D eigenvalue weighted by Crippen LogP contribution is 2.26. The van der Waals surface area contributed by atoms with Gasteiger partial charge in [-0.1, -0.05) is 11.6 Å². The molecule has 4 heteroatoms. The third kappa shape index (κ3) is 3.13. The standard InChI is InChI=1S/C15H19NO2S/c1-10-5-6-13-12(9-10)11(2)14(18-13)15(17)16-7-4-8-19-3/h5-6,9H,4,7-8H2,1-3H3,(H,16,17). The fourth-order valence-corrected chi connectivity index (χ4v) is 2.48. The van der Waals surface area contributed by atoms with Crippen LogP contribution in [0.3, 0.4) is 0 Å². The average Bonchev–Trinajstić information content (AvgIpc) is 2.72. The van der Waals surface area contributed by atoms with Crippen molar-refractivity contribution < 1.29 is 9.21 Å². The first-order chi connectivity index (χ1) is 9.13. The van der Waals surface area contributed by atoms with E-state index >= 15 is 0 Å². The van der Waals surface area contributed by atoms with Gasteiger partial charge < -0.3 is 9.73 Å². The van der Waals surface area contributed by atoms with Crippen LogP contribution in [0.1, 0.15) is 28.1 Å². The van der Waals surface area contributed by atoms with Crippen molar-refractivity contribution in [1.29, 1.82) is 0 Å². The predicted octanol–water partition coefficient (Wildman–Crippen LogP) is 3.53. The van der Waals surface area contributed by atoms with Gasteiger partial charge in [0.05, 0.1) is 0 Å². The van der Waals surface area contributed by atoms with Crippen LogP contribution in [0.15, 0.2) is 22.6 Å². The van der Waals surface area contributed by atoms with Crippen LogP contribution in [0.2, 0.25) is 0 Å². The van der Waals surface area contributed by atoms with Crippen molar-refractivity contribution in [3.8, 4) is 0 Å². The lowest BCUT2D eigenvalue weighted by Gasteiger charge is -2.02. The van der Waals surface area contributed by atoms with Crippen molar-refractivity contribution in [2.24, 2.45) is 0 Å². The van der Waals surface area contributed by atoms with E-state index in [2.05, 4.69) is 17.6 Å². The molecular formula is C15H19NO2S. The highest BCUT2D eigenvalue weighted by molar-refractivity contribution is 7.98. The predicted molar refractivity (Wildman–Crippen MR) is 81.0 cm³/mol. The molecule has 0 aliphatic heterocycles. The minimum absolute atomic E-state index is 0.118. The van der Waals surface area contributed by atoms with Gasteiger partial charge >= 0.3 is 0 Å². The summed E-state index contributed by atoms with van der Waals surface area (Å²) in [5.41, 5.74) is 2.86. The Morgan fingerprint density at radius 2 is 2.16 bits per heavy atom. The zero-order valence-electron chi connectivity index (χ0n) is 11.6. The Morgan fingerprint density at radius 1 is 1.37 bits per heavy atom. The third-order valence-electron chi connectivity index (χ3n) is 3.11. The average molecular weight is 277 g/mol.